The predicted molar refractivity (Wildman–Crippen MR) is 92.1 cm³/mol. The quantitative estimate of drug-likeness (QED) is 0.846. The van der Waals surface area contributed by atoms with Gasteiger partial charge in [-0.05, 0) is 39.3 Å². The maximum Gasteiger partial charge on any atom is 0.188 e. The fraction of sp³-hybridized carbons (Fsp3) is 0.562. The molecule has 23 heavy (non-hydrogen) atoms. The van der Waals surface area contributed by atoms with Crippen LogP contribution in [0.25, 0.3) is 0 Å². The van der Waals surface area contributed by atoms with Gasteiger partial charge in [0.25, 0.3) is 0 Å². The molecule has 0 radical (unpaired) electrons. The van der Waals surface area contributed by atoms with Crippen LogP contribution in [0.1, 0.15) is 37.8 Å². The number of aliphatic hydroxyl groups is 1. The highest BCUT2D eigenvalue weighted by molar-refractivity contribution is 7.13. The first-order valence-electron chi connectivity index (χ1n) is 8.09. The molecule has 6 nitrogen and oxygen atoms in total. The molecule has 0 saturated carbocycles. The molecule has 0 spiro atoms. The predicted octanol–water partition coefficient (Wildman–Crippen LogP) is 2.63. The molecule has 7 heteroatoms. The molecule has 0 unspecified atom stereocenters. The third-order valence-corrected chi connectivity index (χ3v) is 5.21. The van der Waals surface area contributed by atoms with Crippen molar-refractivity contribution in [2.75, 3.05) is 25.0 Å². The average Bonchev–Trinajstić information content (AvgIpc) is 3.05. The van der Waals surface area contributed by atoms with Gasteiger partial charge in [-0.1, -0.05) is 0 Å². The first-order valence-corrected chi connectivity index (χ1v) is 8.97. The van der Waals surface area contributed by atoms with Gasteiger partial charge in [0, 0.05) is 36.3 Å². The Bertz CT molecular complexity index is 598. The monoisotopic (exact) mass is 333 g/mol. The maximum atomic E-state index is 9.07. The lowest BCUT2D eigenvalue weighted by atomic mass is 9.93. The second-order valence-electron chi connectivity index (χ2n) is 5.96. The van der Waals surface area contributed by atoms with Gasteiger partial charge in [-0.3, -0.25) is 4.98 Å². The van der Waals surface area contributed by atoms with Crippen molar-refractivity contribution in [2.45, 2.75) is 38.1 Å². The summed E-state index contributed by atoms with van der Waals surface area (Å²) in [7, 11) is 0. The van der Waals surface area contributed by atoms with E-state index in [0.717, 1.165) is 43.3 Å². The van der Waals surface area contributed by atoms with Crippen LogP contribution in [0.15, 0.2) is 24.0 Å². The summed E-state index contributed by atoms with van der Waals surface area (Å²) in [6, 6.07) is 0.463. The molecule has 1 saturated heterocycles. The van der Waals surface area contributed by atoms with Crippen LogP contribution < -0.4 is 5.32 Å². The van der Waals surface area contributed by atoms with Gasteiger partial charge in [0.2, 0.25) is 0 Å². The Balaban J connectivity index is 1.55. The lowest BCUT2D eigenvalue weighted by molar-refractivity contribution is 0.135. The number of nitrogens with zero attached hydrogens (tertiary/aromatic N) is 4. The summed E-state index contributed by atoms with van der Waals surface area (Å²) in [5, 5.41) is 15.3. The molecule has 124 valence electrons. The smallest absolute Gasteiger partial charge is 0.188 e. The number of aromatic nitrogens is 3. The zero-order valence-corrected chi connectivity index (χ0v) is 14.2. The van der Waals surface area contributed by atoms with E-state index in [2.05, 4.69) is 32.5 Å². The lowest BCUT2D eigenvalue weighted by Crippen LogP contribution is -2.39. The van der Waals surface area contributed by atoms with Gasteiger partial charge >= 0.3 is 0 Å². The third kappa shape index (κ3) is 4.25. The summed E-state index contributed by atoms with van der Waals surface area (Å²) in [4.78, 5) is 15.4. The Morgan fingerprint density at radius 1 is 1.39 bits per heavy atom. The van der Waals surface area contributed by atoms with Gasteiger partial charge in [0.05, 0.1) is 11.9 Å². The summed E-state index contributed by atoms with van der Waals surface area (Å²) in [6.07, 6.45) is 8.13. The highest BCUT2D eigenvalue weighted by Crippen LogP contribution is 2.31. The van der Waals surface area contributed by atoms with E-state index >= 15 is 0 Å². The Morgan fingerprint density at radius 2 is 2.22 bits per heavy atom. The zero-order chi connectivity index (χ0) is 16.1. The molecule has 1 fully saturated rings. The highest BCUT2D eigenvalue weighted by atomic mass is 32.1. The number of likely N-dealkylation sites (tertiary alicyclic amines) is 1. The molecule has 1 atom stereocenters. The van der Waals surface area contributed by atoms with Gasteiger partial charge in [-0.15, -0.1) is 11.3 Å². The Hall–Kier alpha value is -1.57. The van der Waals surface area contributed by atoms with Crippen molar-refractivity contribution < 1.29 is 5.11 Å². The SMILES string of the molecule is C[C@@H](CCO)N1CCC(c2csc(Nc3cnccn3)n2)CC1. The number of anilines is 2. The summed E-state index contributed by atoms with van der Waals surface area (Å²) < 4.78 is 0. The molecule has 2 aromatic rings. The van der Waals surface area contributed by atoms with Gasteiger partial charge in [-0.25, -0.2) is 9.97 Å². The van der Waals surface area contributed by atoms with Crippen molar-refractivity contribution in [1.29, 1.82) is 0 Å². The first kappa shape index (κ1) is 16.3. The molecule has 0 amide bonds. The van der Waals surface area contributed by atoms with Crippen molar-refractivity contribution in [3.8, 4) is 0 Å². The standard InChI is InChI=1S/C16H23N5OS/c1-12(4-9-22)21-7-2-13(3-8-21)14-11-23-16(19-14)20-15-10-17-5-6-18-15/h5-6,10-13,22H,2-4,7-9H2,1H3,(H,18,19,20)/t12-/m0/s1. The van der Waals surface area contributed by atoms with E-state index in [4.69, 9.17) is 10.1 Å². The molecule has 0 aromatic carbocycles. The molecule has 1 aliphatic rings. The molecular weight excluding hydrogens is 310 g/mol. The van der Waals surface area contributed by atoms with E-state index in [1.54, 1.807) is 29.9 Å². The Kier molecular flexibility index (Phi) is 5.53. The van der Waals surface area contributed by atoms with Crippen LogP contribution in [0.5, 0.6) is 0 Å². The summed E-state index contributed by atoms with van der Waals surface area (Å²) in [5.74, 6) is 1.25. The molecule has 0 bridgehead atoms. The Labute approximate surface area is 140 Å². The third-order valence-electron chi connectivity index (χ3n) is 4.44. The van der Waals surface area contributed by atoms with Gasteiger partial charge in [0.15, 0.2) is 10.9 Å². The van der Waals surface area contributed by atoms with Gasteiger partial charge in [0.1, 0.15) is 0 Å². The second kappa shape index (κ2) is 7.81. The van der Waals surface area contributed by atoms with Crippen molar-refractivity contribution in [3.63, 3.8) is 0 Å². The van der Waals surface area contributed by atoms with Crippen molar-refractivity contribution in [1.82, 2.24) is 19.9 Å². The van der Waals surface area contributed by atoms with E-state index < -0.39 is 0 Å². The number of piperidine rings is 1. The second-order valence-corrected chi connectivity index (χ2v) is 6.82. The molecule has 2 aromatic heterocycles. The number of hydrogen-bond donors (Lipinski definition) is 2. The summed E-state index contributed by atoms with van der Waals surface area (Å²) >= 11 is 1.62. The van der Waals surface area contributed by atoms with E-state index in [1.165, 1.54) is 5.69 Å². The molecule has 0 aliphatic carbocycles. The van der Waals surface area contributed by atoms with Crippen LogP contribution in [-0.2, 0) is 0 Å². The van der Waals surface area contributed by atoms with Crippen LogP contribution in [0.4, 0.5) is 10.9 Å². The molecule has 3 heterocycles. The van der Waals surface area contributed by atoms with Crippen LogP contribution in [0.3, 0.4) is 0 Å². The average molecular weight is 333 g/mol. The fourth-order valence-electron chi connectivity index (χ4n) is 3.01. The van der Waals surface area contributed by atoms with Crippen molar-refractivity contribution >= 4 is 22.3 Å². The number of rotatable bonds is 6. The Morgan fingerprint density at radius 3 is 2.91 bits per heavy atom. The largest absolute Gasteiger partial charge is 0.396 e. The number of nitrogens with one attached hydrogen (secondary N) is 1. The van der Waals surface area contributed by atoms with E-state index in [1.807, 2.05) is 0 Å². The number of hydrogen-bond acceptors (Lipinski definition) is 7. The fourth-order valence-corrected chi connectivity index (χ4v) is 3.81. The maximum absolute atomic E-state index is 9.07. The molecule has 1 aliphatic heterocycles. The highest BCUT2D eigenvalue weighted by Gasteiger charge is 2.25. The minimum absolute atomic E-state index is 0.268. The first-order chi connectivity index (χ1) is 11.3. The van der Waals surface area contributed by atoms with Crippen LogP contribution >= 0.6 is 11.3 Å². The normalized spacial score (nSPS) is 18.0. The molecule has 2 N–H and O–H groups in total. The minimum atomic E-state index is 0.268. The minimum Gasteiger partial charge on any atom is -0.396 e. The van der Waals surface area contributed by atoms with Crippen LogP contribution in [-0.4, -0.2) is 50.7 Å². The molecule has 3 rings (SSSR count). The van der Waals surface area contributed by atoms with Crippen molar-refractivity contribution in [3.05, 3.63) is 29.7 Å². The number of aliphatic hydroxyl groups excluding tert-OH is 1. The zero-order valence-electron chi connectivity index (χ0n) is 13.4. The topological polar surface area (TPSA) is 74.2 Å². The summed E-state index contributed by atoms with van der Waals surface area (Å²) in [6.45, 7) is 4.62. The van der Waals surface area contributed by atoms with Gasteiger partial charge in [-0.2, -0.15) is 0 Å². The lowest BCUT2D eigenvalue weighted by Gasteiger charge is -2.35. The molecular formula is C16H23N5OS. The van der Waals surface area contributed by atoms with E-state index in [0.29, 0.717) is 12.0 Å². The van der Waals surface area contributed by atoms with Crippen molar-refractivity contribution in [2.24, 2.45) is 0 Å². The summed E-state index contributed by atoms with van der Waals surface area (Å²) in [5.41, 5.74) is 1.18. The number of thiazole rings is 1. The van der Waals surface area contributed by atoms with Crippen LogP contribution in [0.2, 0.25) is 0 Å². The van der Waals surface area contributed by atoms with Crippen LogP contribution in [0, 0.1) is 0 Å². The van der Waals surface area contributed by atoms with E-state index in [9.17, 15) is 0 Å². The van der Waals surface area contributed by atoms with E-state index in [-0.39, 0.29) is 6.61 Å². The van der Waals surface area contributed by atoms with Gasteiger partial charge < -0.3 is 15.3 Å².